The first-order chi connectivity index (χ1) is 14.6. The van der Waals surface area contributed by atoms with Crippen LogP contribution >= 0.6 is 0 Å². The number of hydrogen-bond acceptors (Lipinski definition) is 4. The average Bonchev–Trinajstić information content (AvgIpc) is 2.79. The number of fused-ring (bicyclic) bond motifs is 1. The smallest absolute Gasteiger partial charge is 0.253 e. The van der Waals surface area contributed by atoms with Crippen LogP contribution in [0.2, 0.25) is 0 Å². The van der Waals surface area contributed by atoms with E-state index in [0.717, 1.165) is 34.1 Å². The highest BCUT2D eigenvalue weighted by atomic mass is 16.6. The predicted molar refractivity (Wildman–Crippen MR) is 118 cm³/mol. The van der Waals surface area contributed by atoms with Crippen molar-refractivity contribution in [1.82, 2.24) is 4.90 Å². The van der Waals surface area contributed by atoms with Crippen LogP contribution in [0.15, 0.2) is 60.7 Å². The summed E-state index contributed by atoms with van der Waals surface area (Å²) in [5, 5.41) is 2.28. The molecular formula is C25H27NO4. The standard InChI is InChI=1S/C25H27NO4/c1-26(2)25(27)19-5-3-18(4-6-19)20-7-8-22-16-23(10-9-21(22)15-20)29-12-11-24-17-28-13-14-30-24/h3-10,15-16,24H,11-14,17H2,1-2H3. The normalized spacial score (nSPS) is 16.4. The van der Waals surface area contributed by atoms with E-state index in [-0.39, 0.29) is 12.0 Å². The van der Waals surface area contributed by atoms with Crippen LogP contribution in [0.3, 0.4) is 0 Å². The topological polar surface area (TPSA) is 48.0 Å². The lowest BCUT2D eigenvalue weighted by atomic mass is 10.00. The van der Waals surface area contributed by atoms with Gasteiger partial charge in [0, 0.05) is 26.1 Å². The average molecular weight is 405 g/mol. The van der Waals surface area contributed by atoms with Crippen LogP contribution in [0.4, 0.5) is 0 Å². The second kappa shape index (κ2) is 9.28. The van der Waals surface area contributed by atoms with Crippen LogP contribution in [0.25, 0.3) is 21.9 Å². The first-order valence-electron chi connectivity index (χ1n) is 10.3. The second-order valence-electron chi connectivity index (χ2n) is 7.71. The highest BCUT2D eigenvalue weighted by Crippen LogP contribution is 2.27. The molecule has 3 aromatic rings. The number of carbonyl (C=O) groups excluding carboxylic acids is 1. The monoisotopic (exact) mass is 405 g/mol. The van der Waals surface area contributed by atoms with E-state index in [1.54, 1.807) is 19.0 Å². The molecular weight excluding hydrogens is 378 g/mol. The van der Waals surface area contributed by atoms with Crippen molar-refractivity contribution in [3.63, 3.8) is 0 Å². The fourth-order valence-corrected chi connectivity index (χ4v) is 3.57. The SMILES string of the molecule is CN(C)C(=O)c1ccc(-c2ccc3cc(OCCC4COCCO4)ccc3c2)cc1. The summed E-state index contributed by atoms with van der Waals surface area (Å²) in [4.78, 5) is 13.6. The lowest BCUT2D eigenvalue weighted by Crippen LogP contribution is -2.29. The Hall–Kier alpha value is -2.89. The number of hydrogen-bond donors (Lipinski definition) is 0. The number of carbonyl (C=O) groups is 1. The molecule has 1 unspecified atom stereocenters. The fourth-order valence-electron chi connectivity index (χ4n) is 3.57. The molecule has 1 atom stereocenters. The molecule has 0 bridgehead atoms. The van der Waals surface area contributed by atoms with E-state index >= 15 is 0 Å². The molecule has 0 saturated carbocycles. The molecule has 4 rings (SSSR count). The Balaban J connectivity index is 1.43. The third-order valence-corrected chi connectivity index (χ3v) is 5.28. The quantitative estimate of drug-likeness (QED) is 0.610. The van der Waals surface area contributed by atoms with Gasteiger partial charge >= 0.3 is 0 Å². The Morgan fingerprint density at radius 1 is 0.967 bits per heavy atom. The van der Waals surface area contributed by atoms with Gasteiger partial charge in [-0.1, -0.05) is 30.3 Å². The molecule has 5 heteroatoms. The fraction of sp³-hybridized carbons (Fsp3) is 0.320. The van der Waals surface area contributed by atoms with E-state index in [9.17, 15) is 4.79 Å². The molecule has 5 nitrogen and oxygen atoms in total. The zero-order valence-electron chi connectivity index (χ0n) is 17.5. The van der Waals surface area contributed by atoms with E-state index in [0.29, 0.717) is 32.0 Å². The highest BCUT2D eigenvalue weighted by Gasteiger charge is 2.14. The minimum Gasteiger partial charge on any atom is -0.493 e. The van der Waals surface area contributed by atoms with Gasteiger partial charge in [-0.25, -0.2) is 0 Å². The second-order valence-corrected chi connectivity index (χ2v) is 7.71. The summed E-state index contributed by atoms with van der Waals surface area (Å²) < 4.78 is 17.0. The van der Waals surface area contributed by atoms with Crippen LogP contribution < -0.4 is 4.74 Å². The van der Waals surface area contributed by atoms with Gasteiger partial charge in [0.2, 0.25) is 0 Å². The summed E-state index contributed by atoms with van der Waals surface area (Å²) in [6, 6.07) is 20.3. The minimum absolute atomic E-state index is 0.00941. The predicted octanol–water partition coefficient (Wildman–Crippen LogP) is 4.39. The Kier molecular flexibility index (Phi) is 6.31. The molecule has 1 heterocycles. The van der Waals surface area contributed by atoms with E-state index in [4.69, 9.17) is 14.2 Å². The number of amides is 1. The zero-order valence-corrected chi connectivity index (χ0v) is 17.5. The van der Waals surface area contributed by atoms with Gasteiger partial charge in [0.05, 0.1) is 32.5 Å². The zero-order chi connectivity index (χ0) is 20.9. The molecule has 30 heavy (non-hydrogen) atoms. The van der Waals surface area contributed by atoms with Crippen molar-refractivity contribution >= 4 is 16.7 Å². The van der Waals surface area contributed by atoms with Gasteiger partial charge in [-0.05, 0) is 52.2 Å². The van der Waals surface area contributed by atoms with Gasteiger partial charge in [-0.15, -0.1) is 0 Å². The lowest BCUT2D eigenvalue weighted by molar-refractivity contribution is -0.0935. The summed E-state index contributed by atoms with van der Waals surface area (Å²) in [5.41, 5.74) is 2.90. The molecule has 3 aromatic carbocycles. The van der Waals surface area contributed by atoms with Gasteiger partial charge in [-0.2, -0.15) is 0 Å². The van der Waals surface area contributed by atoms with Crippen LogP contribution in [0.5, 0.6) is 5.75 Å². The van der Waals surface area contributed by atoms with E-state index in [1.165, 1.54) is 0 Å². The largest absolute Gasteiger partial charge is 0.493 e. The third-order valence-electron chi connectivity index (χ3n) is 5.28. The molecule has 0 aliphatic carbocycles. The lowest BCUT2D eigenvalue weighted by Gasteiger charge is -2.22. The maximum atomic E-state index is 12.1. The Morgan fingerprint density at radius 2 is 1.70 bits per heavy atom. The molecule has 1 saturated heterocycles. The van der Waals surface area contributed by atoms with Crippen molar-refractivity contribution in [2.75, 3.05) is 40.5 Å². The first-order valence-corrected chi connectivity index (χ1v) is 10.3. The molecule has 1 aliphatic heterocycles. The van der Waals surface area contributed by atoms with E-state index in [2.05, 4.69) is 30.3 Å². The third kappa shape index (κ3) is 4.81. The molecule has 1 aliphatic rings. The number of benzene rings is 3. The number of rotatable bonds is 6. The molecule has 156 valence electrons. The number of nitrogens with zero attached hydrogens (tertiary/aromatic N) is 1. The highest BCUT2D eigenvalue weighted by molar-refractivity contribution is 5.94. The maximum Gasteiger partial charge on any atom is 0.253 e. The van der Waals surface area contributed by atoms with Crippen LogP contribution in [0.1, 0.15) is 16.8 Å². The Morgan fingerprint density at radius 3 is 2.43 bits per heavy atom. The van der Waals surface area contributed by atoms with Crippen molar-refractivity contribution < 1.29 is 19.0 Å². The van der Waals surface area contributed by atoms with Crippen molar-refractivity contribution in [2.24, 2.45) is 0 Å². The Labute approximate surface area is 177 Å². The summed E-state index contributed by atoms with van der Waals surface area (Å²) in [6.07, 6.45) is 0.949. The summed E-state index contributed by atoms with van der Waals surface area (Å²) in [6.45, 7) is 2.60. The van der Waals surface area contributed by atoms with Crippen LogP contribution in [-0.4, -0.2) is 57.4 Å². The summed E-state index contributed by atoms with van der Waals surface area (Å²) >= 11 is 0. The van der Waals surface area contributed by atoms with Gasteiger partial charge in [-0.3, -0.25) is 4.79 Å². The summed E-state index contributed by atoms with van der Waals surface area (Å²) in [5.74, 6) is 0.869. The Bertz CT molecular complexity index is 1010. The first kappa shape index (κ1) is 20.4. The van der Waals surface area contributed by atoms with Crippen LogP contribution in [0, 0.1) is 0 Å². The van der Waals surface area contributed by atoms with Crippen molar-refractivity contribution in [1.29, 1.82) is 0 Å². The molecule has 0 spiro atoms. The van der Waals surface area contributed by atoms with Gasteiger partial charge in [0.15, 0.2) is 0 Å². The van der Waals surface area contributed by atoms with Gasteiger partial charge < -0.3 is 19.1 Å². The molecule has 0 N–H and O–H groups in total. The molecule has 0 radical (unpaired) electrons. The number of ether oxygens (including phenoxy) is 3. The van der Waals surface area contributed by atoms with Crippen molar-refractivity contribution in [3.05, 3.63) is 66.2 Å². The molecule has 1 amide bonds. The van der Waals surface area contributed by atoms with E-state index in [1.807, 2.05) is 30.3 Å². The van der Waals surface area contributed by atoms with Gasteiger partial charge in [0.1, 0.15) is 5.75 Å². The molecule has 0 aromatic heterocycles. The molecule has 1 fully saturated rings. The van der Waals surface area contributed by atoms with Crippen molar-refractivity contribution in [2.45, 2.75) is 12.5 Å². The van der Waals surface area contributed by atoms with Crippen LogP contribution in [-0.2, 0) is 9.47 Å². The van der Waals surface area contributed by atoms with E-state index < -0.39 is 0 Å². The van der Waals surface area contributed by atoms with Gasteiger partial charge in [0.25, 0.3) is 5.91 Å². The van der Waals surface area contributed by atoms with Crippen molar-refractivity contribution in [3.8, 4) is 16.9 Å². The summed E-state index contributed by atoms with van der Waals surface area (Å²) in [7, 11) is 3.52. The minimum atomic E-state index is 0.00941. The maximum absolute atomic E-state index is 12.1.